The number of sulfone groups is 1. The Balaban J connectivity index is 1.29. The van der Waals surface area contributed by atoms with Gasteiger partial charge < -0.3 is 21.1 Å². The molecule has 6 aromatic rings. The van der Waals surface area contributed by atoms with E-state index < -0.39 is 109 Å². The van der Waals surface area contributed by atoms with E-state index in [1.807, 2.05) is 0 Å². The monoisotopic (exact) mass is 998 g/mol. The molecule has 0 saturated heterocycles. The summed E-state index contributed by atoms with van der Waals surface area (Å²) in [5.74, 6) is -3.52. The van der Waals surface area contributed by atoms with Crippen molar-refractivity contribution >= 4 is 110 Å². The van der Waals surface area contributed by atoms with E-state index in [1.165, 1.54) is 54.6 Å². The summed E-state index contributed by atoms with van der Waals surface area (Å²) in [6.45, 7) is -0.875. The molecule has 65 heavy (non-hydrogen) atoms. The van der Waals surface area contributed by atoms with Crippen LogP contribution in [0.25, 0.3) is 10.8 Å². The average molecular weight is 999 g/mol. The van der Waals surface area contributed by atoms with Crippen molar-refractivity contribution in [3.63, 3.8) is 0 Å². The van der Waals surface area contributed by atoms with Gasteiger partial charge in [0, 0.05) is 27.7 Å². The highest BCUT2D eigenvalue weighted by Gasteiger charge is 2.26. The summed E-state index contributed by atoms with van der Waals surface area (Å²) in [7, 11) is -18.9. The van der Waals surface area contributed by atoms with Crippen molar-refractivity contribution in [1.82, 2.24) is 15.0 Å². The van der Waals surface area contributed by atoms with Crippen molar-refractivity contribution in [2.75, 3.05) is 28.3 Å². The van der Waals surface area contributed by atoms with Crippen LogP contribution in [0.4, 0.5) is 44.7 Å². The van der Waals surface area contributed by atoms with Crippen LogP contribution in [0.3, 0.4) is 0 Å². The molecule has 5 aromatic carbocycles. The third-order valence-corrected chi connectivity index (χ3v) is 12.8. The zero-order valence-electron chi connectivity index (χ0n) is 31.9. The van der Waals surface area contributed by atoms with Crippen LogP contribution in [-0.4, -0.2) is 90.9 Å². The van der Waals surface area contributed by atoms with Gasteiger partial charge in [0.2, 0.25) is 11.9 Å². The number of aromatic hydroxyl groups is 1. The number of phenolic OH excluding ortho intramolecular Hbond substituents is 1. The van der Waals surface area contributed by atoms with Crippen molar-refractivity contribution in [3.8, 4) is 5.75 Å². The summed E-state index contributed by atoms with van der Waals surface area (Å²) in [5.41, 5.74) is -0.960. The fourth-order valence-electron chi connectivity index (χ4n) is 5.58. The fourth-order valence-corrected chi connectivity index (χ4v) is 8.97. The second kappa shape index (κ2) is 19.4. The zero-order valence-corrected chi connectivity index (χ0v) is 35.9. The number of aromatic nitrogens is 3. The van der Waals surface area contributed by atoms with Crippen molar-refractivity contribution in [2.24, 2.45) is 10.2 Å². The lowest BCUT2D eigenvalue weighted by molar-refractivity contribution is -0.432. The van der Waals surface area contributed by atoms with Gasteiger partial charge in [0.1, 0.15) is 10.6 Å². The Kier molecular flexibility index (Phi) is 14.4. The molecule has 342 valence electrons. The molecule has 1 heterocycles. The fraction of sp³-hybridized carbons (Fsp3) is 0.0588. The van der Waals surface area contributed by atoms with Crippen LogP contribution in [0.5, 0.6) is 5.75 Å². The number of rotatable bonds is 18. The molecule has 0 bridgehead atoms. The molecule has 0 saturated carbocycles. The molecular formula is C34H27FN8O17S5. The molecule has 1 aromatic heterocycles. The molecule has 0 radical (unpaired) electrons. The highest BCUT2D eigenvalue weighted by atomic mass is 32.3. The number of hydrogen-bond acceptors (Lipinski definition) is 22. The van der Waals surface area contributed by atoms with E-state index in [0.717, 1.165) is 36.4 Å². The Bertz CT molecular complexity index is 3330. The van der Waals surface area contributed by atoms with Crippen LogP contribution in [-0.2, 0) is 54.0 Å². The molecule has 0 aliphatic heterocycles. The number of nitrogens with zero attached hydrogens (tertiary/aromatic N) is 5. The first-order chi connectivity index (χ1) is 30.5. The minimum Gasteiger partial charge on any atom is -0.505 e. The molecular weight excluding hydrogens is 972 g/mol. The van der Waals surface area contributed by atoms with E-state index >= 15 is 0 Å². The van der Waals surface area contributed by atoms with Gasteiger partial charge >= 0.3 is 16.5 Å². The van der Waals surface area contributed by atoms with Crippen molar-refractivity contribution in [2.45, 2.75) is 19.6 Å². The number of fused-ring (bicyclic) bond motifs is 1. The zero-order chi connectivity index (χ0) is 47.3. The van der Waals surface area contributed by atoms with E-state index in [0.29, 0.717) is 0 Å². The van der Waals surface area contributed by atoms with Gasteiger partial charge in [-0.05, 0) is 72.8 Å². The first-order valence-electron chi connectivity index (χ1n) is 17.3. The summed E-state index contributed by atoms with van der Waals surface area (Å²) < 4.78 is 147. The number of carbonyl (C=O) groups excluding carboxylic acids is 1. The molecule has 0 aliphatic carbocycles. The molecule has 0 unspecified atom stereocenters. The lowest BCUT2D eigenvalue weighted by Crippen LogP contribution is -2.16. The quantitative estimate of drug-likeness (QED) is 0.0172. The Hall–Kier alpha value is -6.36. The molecule has 0 spiro atoms. The number of amides is 1. The topological polar surface area (TPSA) is 382 Å². The third kappa shape index (κ3) is 12.5. The number of carbonyl (C=O) groups is 1. The largest absolute Gasteiger partial charge is 0.505 e. The number of benzene rings is 5. The minimum atomic E-state index is -5.26. The number of anilines is 5. The Labute approximate surface area is 369 Å². The predicted molar refractivity (Wildman–Crippen MR) is 223 cm³/mol. The van der Waals surface area contributed by atoms with Gasteiger partial charge in [0.25, 0.3) is 26.1 Å². The second-order valence-corrected chi connectivity index (χ2v) is 19.3. The minimum absolute atomic E-state index is 0.00895. The summed E-state index contributed by atoms with van der Waals surface area (Å²) in [6, 6.07) is 18.1. The molecule has 31 heteroatoms. The van der Waals surface area contributed by atoms with Crippen LogP contribution >= 0.6 is 12.0 Å². The van der Waals surface area contributed by atoms with Crippen LogP contribution < -0.4 is 16.0 Å². The van der Waals surface area contributed by atoms with Gasteiger partial charge in [-0.1, -0.05) is 23.2 Å². The van der Waals surface area contributed by atoms with Crippen LogP contribution in [0.2, 0.25) is 0 Å². The van der Waals surface area contributed by atoms with Crippen molar-refractivity contribution in [1.29, 1.82) is 0 Å². The summed E-state index contributed by atoms with van der Waals surface area (Å²) >= 11 is 0.186. The predicted octanol–water partition coefficient (Wildman–Crippen LogP) is 5.54. The Morgan fingerprint density at radius 2 is 1.40 bits per heavy atom. The van der Waals surface area contributed by atoms with Gasteiger partial charge in [-0.2, -0.15) is 49.7 Å². The van der Waals surface area contributed by atoms with E-state index in [4.69, 9.17) is 9.81 Å². The Morgan fingerprint density at radius 3 is 2.08 bits per heavy atom. The number of phenols is 1. The number of halogens is 1. The van der Waals surface area contributed by atoms with Crippen LogP contribution in [0.1, 0.15) is 10.4 Å². The summed E-state index contributed by atoms with van der Waals surface area (Å²) in [6.07, 6.45) is -1.41. The molecule has 6 rings (SSSR count). The Morgan fingerprint density at radius 1 is 0.738 bits per heavy atom. The lowest BCUT2D eigenvalue weighted by atomic mass is 10.1. The van der Waals surface area contributed by atoms with Crippen LogP contribution in [0, 0.1) is 6.08 Å². The van der Waals surface area contributed by atoms with Crippen LogP contribution in [0.15, 0.2) is 121 Å². The molecule has 0 fully saturated rings. The van der Waals surface area contributed by atoms with Gasteiger partial charge in [0.15, 0.2) is 15.6 Å². The normalized spacial score (nSPS) is 12.4. The first kappa shape index (κ1) is 48.1. The molecule has 8 N–H and O–H groups in total. The van der Waals surface area contributed by atoms with Crippen molar-refractivity contribution < 1.29 is 80.4 Å². The van der Waals surface area contributed by atoms with Crippen molar-refractivity contribution in [3.05, 3.63) is 103 Å². The lowest BCUT2D eigenvalue weighted by Gasteiger charge is -2.15. The molecule has 0 aliphatic rings. The highest BCUT2D eigenvalue weighted by molar-refractivity contribution is 7.94. The van der Waals surface area contributed by atoms with E-state index in [9.17, 15) is 57.1 Å². The van der Waals surface area contributed by atoms with E-state index in [1.54, 1.807) is 0 Å². The van der Waals surface area contributed by atoms with Gasteiger partial charge in [-0.25, -0.2) is 17.9 Å². The maximum absolute atomic E-state index is 14.6. The standard InChI is InChI=1S/C34H27FN8O17S5/c35-32-39-33(37-20-6-3-9-23(16-20)63(49,50)51)41-34(40-32)38-26-11-10-24-25(30(26)64(52,53)54)17-27(61-60-59-46)28(29(24)44)43-42-21-7-1-4-18(14-21)31(45)36-19-5-2-8-22(15-19)62(47,48)13-12-58-65(55,56)57/h1-11,14-17,44,46H,12-13H2,(H,36,45)(H,49,50,51)(H,52,53,54)(H,55,56,57)(H2,37,38,39,40,41). The SMILES string of the molecule is O=C(Nc1cccc(S(=O)(=O)CCOS(=O)(=O)O)c1)c1cccc(N=Nc2c(SOOO)cc3c(S(=O)(=O)O)c(Nc4nc(F)nc(Nc5cccc(S(=O)(=O)O)c5)n4)ccc3c2O)c1. The van der Waals surface area contributed by atoms with Gasteiger partial charge in [-0.15, -0.1) is 9.45 Å². The molecule has 1 amide bonds. The van der Waals surface area contributed by atoms with Gasteiger partial charge in [-0.3, -0.25) is 18.5 Å². The van der Waals surface area contributed by atoms with E-state index in [2.05, 4.69) is 54.7 Å². The summed E-state index contributed by atoms with van der Waals surface area (Å²) in [5, 5.41) is 38.8. The first-order valence-corrected chi connectivity index (χ1v) is 23.9. The third-order valence-electron chi connectivity index (χ3n) is 8.25. The molecule has 0 atom stereocenters. The van der Waals surface area contributed by atoms with E-state index in [-0.39, 0.29) is 49.8 Å². The second-order valence-electron chi connectivity index (χ2n) is 12.6. The summed E-state index contributed by atoms with van der Waals surface area (Å²) in [4.78, 5) is 22.0. The highest BCUT2D eigenvalue weighted by Crippen LogP contribution is 2.47. The number of azo groups is 1. The number of nitrogens with one attached hydrogen (secondary N) is 3. The number of hydrogen-bond donors (Lipinski definition) is 8. The average Bonchev–Trinajstić information content (AvgIpc) is 3.21. The van der Waals surface area contributed by atoms with Gasteiger partial charge in [0.05, 0.1) is 50.5 Å². The maximum atomic E-state index is 14.6. The maximum Gasteiger partial charge on any atom is 0.397 e. The molecule has 25 nitrogen and oxygen atoms in total. The smallest absolute Gasteiger partial charge is 0.397 e.